The van der Waals surface area contributed by atoms with Gasteiger partial charge in [-0.3, -0.25) is 4.79 Å². The predicted molar refractivity (Wildman–Crippen MR) is 47.3 cm³/mol. The van der Waals surface area contributed by atoms with Crippen LogP contribution in [0, 0.1) is 11.6 Å². The number of hydrogen-bond acceptors (Lipinski definition) is 2. The molecule has 1 rings (SSSR count). The molecule has 0 heterocycles. The average Bonchev–Trinajstić information content (AvgIpc) is 2.09. The van der Waals surface area contributed by atoms with Crippen LogP contribution in [-0.4, -0.2) is 12.9 Å². The van der Waals surface area contributed by atoms with Crippen LogP contribution < -0.4 is 4.74 Å². The molecule has 2 nitrogen and oxygen atoms in total. The number of ether oxygens (including phenoxy) is 1. The van der Waals surface area contributed by atoms with E-state index in [0.717, 1.165) is 12.1 Å². The molecule has 0 unspecified atom stereocenters. The summed E-state index contributed by atoms with van der Waals surface area (Å²) >= 11 is 0. The molecule has 0 aliphatic carbocycles. The van der Waals surface area contributed by atoms with Crippen molar-refractivity contribution in [3.8, 4) is 5.75 Å². The Morgan fingerprint density at radius 1 is 1.43 bits per heavy atom. The lowest BCUT2D eigenvalue weighted by molar-refractivity contribution is -0.116. The van der Waals surface area contributed by atoms with Crippen LogP contribution >= 0.6 is 0 Å². The van der Waals surface area contributed by atoms with Gasteiger partial charge in [0.05, 0.1) is 7.11 Å². The number of benzene rings is 1. The number of carbonyl (C=O) groups excluding carboxylic acids is 1. The predicted octanol–water partition coefficient (Wildman–Crippen LogP) is 2.10. The van der Waals surface area contributed by atoms with Gasteiger partial charge in [-0.2, -0.15) is 0 Å². The van der Waals surface area contributed by atoms with Gasteiger partial charge in [0.2, 0.25) is 0 Å². The largest absolute Gasteiger partial charge is 0.494 e. The van der Waals surface area contributed by atoms with Gasteiger partial charge in [-0.05, 0) is 13.0 Å². The maximum absolute atomic E-state index is 13.4. The third kappa shape index (κ3) is 2.28. The van der Waals surface area contributed by atoms with E-state index in [1.165, 1.54) is 14.0 Å². The van der Waals surface area contributed by atoms with E-state index in [2.05, 4.69) is 4.74 Å². The standard InChI is InChI=1S/C10H10F2O2/c1-6(13)3-7-4-8(11)5-9(14-2)10(7)12/h4-5H,3H2,1-2H3. The SMILES string of the molecule is COc1cc(F)cc(CC(C)=O)c1F. The van der Waals surface area contributed by atoms with E-state index in [9.17, 15) is 13.6 Å². The Labute approximate surface area is 80.5 Å². The van der Waals surface area contributed by atoms with Gasteiger partial charge < -0.3 is 4.74 Å². The highest BCUT2D eigenvalue weighted by Gasteiger charge is 2.12. The summed E-state index contributed by atoms with van der Waals surface area (Å²) in [6, 6.07) is 1.94. The molecule has 0 N–H and O–H groups in total. The van der Waals surface area contributed by atoms with Crippen LogP contribution in [0.5, 0.6) is 5.75 Å². The van der Waals surface area contributed by atoms with E-state index in [1.807, 2.05) is 0 Å². The summed E-state index contributed by atoms with van der Waals surface area (Å²) < 4.78 is 30.9. The third-order valence-corrected chi connectivity index (χ3v) is 1.74. The number of halogens is 2. The monoisotopic (exact) mass is 200 g/mol. The van der Waals surface area contributed by atoms with E-state index in [-0.39, 0.29) is 23.5 Å². The average molecular weight is 200 g/mol. The summed E-state index contributed by atoms with van der Waals surface area (Å²) in [5.41, 5.74) is 0.0225. The van der Waals surface area contributed by atoms with Crippen LogP contribution in [0.15, 0.2) is 12.1 Å². The van der Waals surface area contributed by atoms with Gasteiger partial charge in [0, 0.05) is 18.1 Å². The van der Waals surface area contributed by atoms with Crippen molar-refractivity contribution >= 4 is 5.78 Å². The van der Waals surface area contributed by atoms with Crippen LogP contribution in [0.1, 0.15) is 12.5 Å². The topological polar surface area (TPSA) is 26.3 Å². The molecule has 0 fully saturated rings. The van der Waals surface area contributed by atoms with Gasteiger partial charge in [-0.15, -0.1) is 0 Å². The molecular formula is C10H10F2O2. The van der Waals surface area contributed by atoms with Crippen molar-refractivity contribution in [2.45, 2.75) is 13.3 Å². The van der Waals surface area contributed by atoms with E-state index in [4.69, 9.17) is 0 Å². The molecule has 1 aromatic rings. The summed E-state index contributed by atoms with van der Waals surface area (Å²) in [6.07, 6.45) is -0.125. The lowest BCUT2D eigenvalue weighted by atomic mass is 10.1. The van der Waals surface area contributed by atoms with Gasteiger partial charge >= 0.3 is 0 Å². The Hall–Kier alpha value is -1.45. The number of rotatable bonds is 3. The van der Waals surface area contributed by atoms with Crippen molar-refractivity contribution < 1.29 is 18.3 Å². The number of carbonyl (C=O) groups is 1. The molecule has 1 aromatic carbocycles. The molecule has 0 saturated carbocycles. The highest BCUT2D eigenvalue weighted by molar-refractivity contribution is 5.78. The van der Waals surface area contributed by atoms with Crippen molar-refractivity contribution in [2.75, 3.05) is 7.11 Å². The lowest BCUT2D eigenvalue weighted by Gasteiger charge is -2.06. The second-order valence-corrected chi connectivity index (χ2v) is 2.96. The summed E-state index contributed by atoms with van der Waals surface area (Å²) in [5.74, 6) is -1.69. The fraction of sp³-hybridized carbons (Fsp3) is 0.300. The second kappa shape index (κ2) is 4.17. The van der Waals surface area contributed by atoms with Crippen molar-refractivity contribution in [1.82, 2.24) is 0 Å². The van der Waals surface area contributed by atoms with Crippen LogP contribution in [0.2, 0.25) is 0 Å². The number of Topliss-reactive ketones (excluding diaryl/α,β-unsaturated/α-hetero) is 1. The molecule has 0 aliphatic rings. The Morgan fingerprint density at radius 3 is 2.57 bits per heavy atom. The minimum Gasteiger partial charge on any atom is -0.494 e. The fourth-order valence-electron chi connectivity index (χ4n) is 1.16. The van der Waals surface area contributed by atoms with Gasteiger partial charge in [0.1, 0.15) is 11.6 Å². The summed E-state index contributed by atoms with van der Waals surface area (Å²) in [7, 11) is 1.25. The molecule has 0 bridgehead atoms. The Balaban J connectivity index is 3.15. The van der Waals surface area contributed by atoms with Gasteiger partial charge in [-0.1, -0.05) is 0 Å². The smallest absolute Gasteiger partial charge is 0.168 e. The minimum atomic E-state index is -0.677. The third-order valence-electron chi connectivity index (χ3n) is 1.74. The maximum atomic E-state index is 13.4. The van der Waals surface area contributed by atoms with E-state index < -0.39 is 11.6 Å². The molecule has 0 amide bonds. The molecule has 0 spiro atoms. The molecule has 0 atom stereocenters. The Bertz CT molecular complexity index is 361. The minimum absolute atomic E-state index is 0.0225. The highest BCUT2D eigenvalue weighted by atomic mass is 19.1. The first-order valence-corrected chi connectivity index (χ1v) is 4.06. The maximum Gasteiger partial charge on any atom is 0.168 e. The Morgan fingerprint density at radius 2 is 2.07 bits per heavy atom. The zero-order valence-electron chi connectivity index (χ0n) is 7.93. The molecule has 0 aliphatic heterocycles. The zero-order chi connectivity index (χ0) is 10.7. The molecule has 76 valence electrons. The molecular weight excluding hydrogens is 190 g/mol. The lowest BCUT2D eigenvalue weighted by Crippen LogP contribution is -2.02. The van der Waals surface area contributed by atoms with Gasteiger partial charge in [-0.25, -0.2) is 8.78 Å². The normalized spacial score (nSPS) is 10.0. The first-order valence-electron chi connectivity index (χ1n) is 4.06. The number of ketones is 1. The van der Waals surface area contributed by atoms with Crippen molar-refractivity contribution in [2.24, 2.45) is 0 Å². The van der Waals surface area contributed by atoms with Crippen LogP contribution in [0.3, 0.4) is 0 Å². The summed E-state index contributed by atoms with van der Waals surface area (Å²) in [4.78, 5) is 10.7. The molecule has 14 heavy (non-hydrogen) atoms. The van der Waals surface area contributed by atoms with Crippen molar-refractivity contribution in [3.05, 3.63) is 29.3 Å². The van der Waals surface area contributed by atoms with Crippen LogP contribution in [0.25, 0.3) is 0 Å². The number of methoxy groups -OCH3 is 1. The van der Waals surface area contributed by atoms with Crippen LogP contribution in [0.4, 0.5) is 8.78 Å². The van der Waals surface area contributed by atoms with Crippen molar-refractivity contribution in [1.29, 1.82) is 0 Å². The Kier molecular flexibility index (Phi) is 3.17. The van der Waals surface area contributed by atoms with E-state index in [1.54, 1.807) is 0 Å². The van der Waals surface area contributed by atoms with Gasteiger partial charge in [0.15, 0.2) is 11.6 Å². The first-order chi connectivity index (χ1) is 6.54. The zero-order valence-corrected chi connectivity index (χ0v) is 7.93. The first kappa shape index (κ1) is 10.6. The molecule has 4 heteroatoms. The number of hydrogen-bond donors (Lipinski definition) is 0. The fourth-order valence-corrected chi connectivity index (χ4v) is 1.16. The van der Waals surface area contributed by atoms with Crippen molar-refractivity contribution in [3.63, 3.8) is 0 Å². The van der Waals surface area contributed by atoms with Gasteiger partial charge in [0.25, 0.3) is 0 Å². The molecule has 0 saturated heterocycles. The van der Waals surface area contributed by atoms with Crippen LogP contribution in [-0.2, 0) is 11.2 Å². The quantitative estimate of drug-likeness (QED) is 0.746. The summed E-state index contributed by atoms with van der Waals surface area (Å²) in [5, 5.41) is 0. The summed E-state index contributed by atoms with van der Waals surface area (Å²) in [6.45, 7) is 1.32. The van der Waals surface area contributed by atoms with E-state index in [0.29, 0.717) is 0 Å². The highest BCUT2D eigenvalue weighted by Crippen LogP contribution is 2.22. The molecule has 0 radical (unpaired) electrons. The van der Waals surface area contributed by atoms with E-state index >= 15 is 0 Å². The second-order valence-electron chi connectivity index (χ2n) is 2.96. The molecule has 0 aromatic heterocycles.